The van der Waals surface area contributed by atoms with Gasteiger partial charge >= 0.3 is 0 Å². The highest BCUT2D eigenvalue weighted by Crippen LogP contribution is 2.17. The van der Waals surface area contributed by atoms with Gasteiger partial charge in [0, 0.05) is 16.7 Å². The topological polar surface area (TPSA) is 51.0 Å². The molecule has 0 unspecified atom stereocenters. The van der Waals surface area contributed by atoms with E-state index in [0.717, 1.165) is 27.3 Å². The molecule has 0 saturated heterocycles. The van der Waals surface area contributed by atoms with Crippen LogP contribution in [-0.4, -0.2) is 10.1 Å². The Kier molecular flexibility index (Phi) is 3.24. The largest absolute Gasteiger partial charge is 0.364 e. The van der Waals surface area contributed by atoms with Crippen LogP contribution in [0.1, 0.15) is 17.0 Å². The minimum atomic E-state index is 0.616. The smallest absolute Gasteiger partial charge is 0.133 e. The van der Waals surface area contributed by atoms with Gasteiger partial charge in [0.15, 0.2) is 0 Å². The van der Waals surface area contributed by atoms with Crippen LogP contribution in [0.4, 0.5) is 5.82 Å². The number of hydrogen-bond donors (Lipinski definition) is 1. The summed E-state index contributed by atoms with van der Waals surface area (Å²) in [4.78, 5) is 4.24. The van der Waals surface area contributed by atoms with Gasteiger partial charge in [-0.3, -0.25) is 0 Å². The summed E-state index contributed by atoms with van der Waals surface area (Å²) >= 11 is 3.41. The molecular weight excluding hydrogens is 270 g/mol. The van der Waals surface area contributed by atoms with Gasteiger partial charge in [-0.1, -0.05) is 5.16 Å². The third-order valence-electron chi connectivity index (χ3n) is 2.17. The van der Waals surface area contributed by atoms with Crippen molar-refractivity contribution in [3.63, 3.8) is 0 Å². The highest BCUT2D eigenvalue weighted by atomic mass is 79.9. The Hall–Kier alpha value is -1.36. The minimum Gasteiger partial charge on any atom is -0.364 e. The van der Waals surface area contributed by atoms with Crippen LogP contribution in [0.5, 0.6) is 0 Å². The van der Waals surface area contributed by atoms with Crippen LogP contribution in [0.15, 0.2) is 27.3 Å². The van der Waals surface area contributed by atoms with Crippen molar-refractivity contribution in [3.05, 3.63) is 39.8 Å². The Morgan fingerprint density at radius 1 is 1.38 bits per heavy atom. The van der Waals surface area contributed by atoms with E-state index in [-0.39, 0.29) is 0 Å². The molecule has 2 aromatic heterocycles. The van der Waals surface area contributed by atoms with E-state index >= 15 is 0 Å². The molecule has 4 nitrogen and oxygen atoms in total. The molecule has 5 heteroatoms. The summed E-state index contributed by atoms with van der Waals surface area (Å²) in [5, 5.41) is 7.08. The van der Waals surface area contributed by atoms with Crippen molar-refractivity contribution in [2.45, 2.75) is 20.4 Å². The van der Waals surface area contributed by atoms with E-state index in [1.807, 2.05) is 26.0 Å². The highest BCUT2D eigenvalue weighted by molar-refractivity contribution is 9.10. The summed E-state index contributed by atoms with van der Waals surface area (Å²) < 4.78 is 5.99. The van der Waals surface area contributed by atoms with E-state index in [4.69, 9.17) is 4.52 Å². The molecule has 1 N–H and O–H groups in total. The average molecular weight is 282 g/mol. The van der Waals surface area contributed by atoms with Crippen molar-refractivity contribution in [3.8, 4) is 0 Å². The summed E-state index contributed by atoms with van der Waals surface area (Å²) in [6.45, 7) is 4.52. The molecule has 2 rings (SSSR count). The number of nitrogens with zero attached hydrogens (tertiary/aromatic N) is 2. The number of halogens is 1. The number of pyridine rings is 1. The Labute approximate surface area is 102 Å². The van der Waals surface area contributed by atoms with Crippen molar-refractivity contribution in [2.75, 3.05) is 5.32 Å². The van der Waals surface area contributed by atoms with Gasteiger partial charge < -0.3 is 9.84 Å². The second-order valence-corrected chi connectivity index (χ2v) is 4.46. The van der Waals surface area contributed by atoms with Crippen molar-refractivity contribution in [1.82, 2.24) is 10.1 Å². The molecule has 0 radical (unpaired) electrons. The molecule has 0 spiro atoms. The van der Waals surface area contributed by atoms with Gasteiger partial charge in [-0.15, -0.1) is 0 Å². The van der Waals surface area contributed by atoms with Crippen LogP contribution in [-0.2, 0) is 6.54 Å². The van der Waals surface area contributed by atoms with Crippen LogP contribution in [0.3, 0.4) is 0 Å². The maximum atomic E-state index is 4.98. The molecule has 84 valence electrons. The van der Waals surface area contributed by atoms with E-state index in [1.54, 1.807) is 6.20 Å². The monoisotopic (exact) mass is 281 g/mol. The average Bonchev–Trinajstić information content (AvgIpc) is 2.66. The number of aromatic nitrogens is 2. The number of nitrogens with one attached hydrogen (secondary N) is 1. The fraction of sp³-hybridized carbons (Fsp3) is 0.273. The van der Waals surface area contributed by atoms with Gasteiger partial charge in [0.05, 0.1) is 6.54 Å². The SMILES string of the molecule is Cc1cc(CNc2cc(C)c(Br)cn2)no1. The maximum Gasteiger partial charge on any atom is 0.133 e. The predicted octanol–water partition coefficient (Wildman–Crippen LogP) is 3.06. The summed E-state index contributed by atoms with van der Waals surface area (Å²) in [6.07, 6.45) is 1.78. The van der Waals surface area contributed by atoms with Gasteiger partial charge in [0.25, 0.3) is 0 Å². The fourth-order valence-corrected chi connectivity index (χ4v) is 1.54. The molecule has 0 aliphatic heterocycles. The lowest BCUT2D eigenvalue weighted by Gasteiger charge is -2.04. The molecule has 0 fully saturated rings. The lowest BCUT2D eigenvalue weighted by atomic mass is 10.3. The standard InChI is InChI=1S/C11H12BrN3O/c1-7-3-11(14-6-10(7)12)13-5-9-4-8(2)16-15-9/h3-4,6H,5H2,1-2H3,(H,13,14). The zero-order valence-corrected chi connectivity index (χ0v) is 10.7. The van der Waals surface area contributed by atoms with Crippen molar-refractivity contribution < 1.29 is 4.52 Å². The van der Waals surface area contributed by atoms with Crippen LogP contribution >= 0.6 is 15.9 Å². The van der Waals surface area contributed by atoms with Crippen molar-refractivity contribution >= 4 is 21.7 Å². The molecule has 0 atom stereocenters. The van der Waals surface area contributed by atoms with Gasteiger partial charge in [0.2, 0.25) is 0 Å². The second-order valence-electron chi connectivity index (χ2n) is 3.60. The molecule has 0 saturated carbocycles. The predicted molar refractivity (Wildman–Crippen MR) is 65.2 cm³/mol. The van der Waals surface area contributed by atoms with Gasteiger partial charge in [-0.05, 0) is 41.4 Å². The van der Waals surface area contributed by atoms with Gasteiger partial charge in [-0.25, -0.2) is 4.98 Å². The molecule has 0 aliphatic carbocycles. The van der Waals surface area contributed by atoms with E-state index < -0.39 is 0 Å². The molecule has 0 amide bonds. The van der Waals surface area contributed by atoms with E-state index in [9.17, 15) is 0 Å². The van der Waals surface area contributed by atoms with Crippen LogP contribution in [0, 0.1) is 13.8 Å². The number of rotatable bonds is 3. The number of anilines is 1. The first-order valence-electron chi connectivity index (χ1n) is 4.93. The van der Waals surface area contributed by atoms with Crippen LogP contribution in [0.2, 0.25) is 0 Å². The molecule has 0 aromatic carbocycles. The lowest BCUT2D eigenvalue weighted by molar-refractivity contribution is 0.391. The summed E-state index contributed by atoms with van der Waals surface area (Å²) in [7, 11) is 0. The van der Waals surface area contributed by atoms with E-state index in [2.05, 4.69) is 31.4 Å². The van der Waals surface area contributed by atoms with Crippen molar-refractivity contribution in [2.24, 2.45) is 0 Å². The maximum absolute atomic E-state index is 4.98. The van der Waals surface area contributed by atoms with Gasteiger partial charge in [0.1, 0.15) is 17.3 Å². The van der Waals surface area contributed by atoms with Crippen molar-refractivity contribution in [1.29, 1.82) is 0 Å². The zero-order chi connectivity index (χ0) is 11.5. The molecule has 0 aliphatic rings. The third-order valence-corrected chi connectivity index (χ3v) is 3.00. The Morgan fingerprint density at radius 2 is 2.19 bits per heavy atom. The lowest BCUT2D eigenvalue weighted by Crippen LogP contribution is -2.01. The first-order valence-corrected chi connectivity index (χ1v) is 5.72. The summed E-state index contributed by atoms with van der Waals surface area (Å²) in [5.74, 6) is 1.65. The number of aryl methyl sites for hydroxylation is 2. The first-order chi connectivity index (χ1) is 7.65. The Bertz CT molecular complexity index is 496. The van der Waals surface area contributed by atoms with Crippen LogP contribution in [0.25, 0.3) is 0 Å². The Balaban J connectivity index is 2.02. The number of hydrogen-bond acceptors (Lipinski definition) is 4. The normalized spacial score (nSPS) is 10.4. The van der Waals surface area contributed by atoms with E-state index in [0.29, 0.717) is 6.54 Å². The minimum absolute atomic E-state index is 0.616. The molecular formula is C11H12BrN3O. The zero-order valence-electron chi connectivity index (χ0n) is 9.12. The fourth-order valence-electron chi connectivity index (χ4n) is 1.32. The Morgan fingerprint density at radius 3 is 2.81 bits per heavy atom. The quantitative estimate of drug-likeness (QED) is 0.940. The first kappa shape index (κ1) is 11.1. The van der Waals surface area contributed by atoms with E-state index in [1.165, 1.54) is 0 Å². The molecule has 16 heavy (non-hydrogen) atoms. The second kappa shape index (κ2) is 4.65. The third kappa shape index (κ3) is 2.61. The highest BCUT2D eigenvalue weighted by Gasteiger charge is 2.02. The molecule has 0 bridgehead atoms. The van der Waals surface area contributed by atoms with Crippen LogP contribution < -0.4 is 5.32 Å². The molecule has 2 aromatic rings. The molecule has 2 heterocycles. The van der Waals surface area contributed by atoms with Gasteiger partial charge in [-0.2, -0.15) is 0 Å². The summed E-state index contributed by atoms with van der Waals surface area (Å²) in [5.41, 5.74) is 2.02. The summed E-state index contributed by atoms with van der Waals surface area (Å²) in [6, 6.07) is 3.88.